The maximum absolute atomic E-state index is 13.3. The van der Waals surface area contributed by atoms with Crippen molar-refractivity contribution >= 4 is 0 Å². The van der Waals surface area contributed by atoms with Crippen LogP contribution >= 0.6 is 0 Å². The number of hydrogen-bond donors (Lipinski definition) is 1. The van der Waals surface area contributed by atoms with E-state index < -0.39 is 0 Å². The normalized spacial score (nSPS) is 10.7. The first-order valence-electron chi connectivity index (χ1n) is 5.76. The monoisotopic (exact) mass is 233 g/mol. The number of halogens is 1. The summed E-state index contributed by atoms with van der Waals surface area (Å²) in [5.74, 6) is -0.168. The van der Waals surface area contributed by atoms with E-state index in [1.165, 1.54) is 6.07 Å². The van der Waals surface area contributed by atoms with Crippen LogP contribution in [-0.4, -0.2) is 9.78 Å². The Balaban J connectivity index is 1.85. The summed E-state index contributed by atoms with van der Waals surface area (Å²) in [6.45, 7) is 4.09. The van der Waals surface area contributed by atoms with E-state index in [9.17, 15) is 4.39 Å². The lowest BCUT2D eigenvalue weighted by atomic mass is 10.2. The molecule has 4 heteroatoms. The van der Waals surface area contributed by atoms with Crippen LogP contribution < -0.4 is 5.32 Å². The molecule has 0 fully saturated rings. The summed E-state index contributed by atoms with van der Waals surface area (Å²) in [6.07, 6.45) is 1.94. The van der Waals surface area contributed by atoms with Crippen molar-refractivity contribution in [1.29, 1.82) is 0 Å². The van der Waals surface area contributed by atoms with Crippen LogP contribution in [0.3, 0.4) is 0 Å². The molecule has 2 aromatic rings. The molecule has 1 heterocycles. The van der Waals surface area contributed by atoms with Crippen molar-refractivity contribution in [2.24, 2.45) is 0 Å². The Morgan fingerprint density at radius 3 is 2.76 bits per heavy atom. The molecule has 1 N–H and O–H groups in total. The lowest BCUT2D eigenvalue weighted by Crippen LogP contribution is -2.14. The van der Waals surface area contributed by atoms with Gasteiger partial charge >= 0.3 is 0 Å². The molecule has 2 rings (SSSR count). The predicted octanol–water partition coefficient (Wildman–Crippen LogP) is 2.33. The van der Waals surface area contributed by atoms with Gasteiger partial charge in [0.1, 0.15) is 5.82 Å². The van der Waals surface area contributed by atoms with Gasteiger partial charge in [-0.05, 0) is 19.1 Å². The van der Waals surface area contributed by atoms with E-state index in [1.54, 1.807) is 12.1 Å². The standard InChI is InChI=1S/C13H16FN3/c1-2-17-8-7-12(16-17)10-15-9-11-5-3-4-6-13(11)14/h3-8,15H,2,9-10H2,1H3. The summed E-state index contributed by atoms with van der Waals surface area (Å²) in [4.78, 5) is 0. The highest BCUT2D eigenvalue weighted by atomic mass is 19.1. The van der Waals surface area contributed by atoms with Crippen LogP contribution in [0.2, 0.25) is 0 Å². The number of benzene rings is 1. The van der Waals surface area contributed by atoms with E-state index in [1.807, 2.05) is 29.9 Å². The molecule has 1 aromatic heterocycles. The lowest BCUT2D eigenvalue weighted by molar-refractivity contribution is 0.579. The highest BCUT2D eigenvalue weighted by Crippen LogP contribution is 2.05. The van der Waals surface area contributed by atoms with E-state index in [2.05, 4.69) is 10.4 Å². The van der Waals surface area contributed by atoms with Gasteiger partial charge in [-0.2, -0.15) is 5.10 Å². The van der Waals surface area contributed by atoms with E-state index in [0.717, 1.165) is 12.2 Å². The third-order valence-corrected chi connectivity index (χ3v) is 2.60. The molecule has 0 spiro atoms. The van der Waals surface area contributed by atoms with Gasteiger partial charge in [-0.3, -0.25) is 4.68 Å². The minimum atomic E-state index is -0.168. The van der Waals surface area contributed by atoms with Crippen molar-refractivity contribution in [3.05, 3.63) is 53.6 Å². The Morgan fingerprint density at radius 1 is 1.24 bits per heavy atom. The van der Waals surface area contributed by atoms with E-state index in [0.29, 0.717) is 18.7 Å². The average Bonchev–Trinajstić information content (AvgIpc) is 2.80. The van der Waals surface area contributed by atoms with Gasteiger partial charge in [-0.15, -0.1) is 0 Å². The summed E-state index contributed by atoms with van der Waals surface area (Å²) in [5.41, 5.74) is 1.66. The van der Waals surface area contributed by atoms with Crippen LogP contribution in [0.1, 0.15) is 18.2 Å². The molecular weight excluding hydrogens is 217 g/mol. The molecule has 0 aliphatic carbocycles. The molecule has 17 heavy (non-hydrogen) atoms. The Hall–Kier alpha value is -1.68. The second-order valence-corrected chi connectivity index (χ2v) is 3.86. The summed E-state index contributed by atoms with van der Waals surface area (Å²) in [5, 5.41) is 7.52. The van der Waals surface area contributed by atoms with Crippen molar-refractivity contribution < 1.29 is 4.39 Å². The van der Waals surface area contributed by atoms with Crippen molar-refractivity contribution in [2.45, 2.75) is 26.6 Å². The van der Waals surface area contributed by atoms with Gasteiger partial charge in [-0.25, -0.2) is 4.39 Å². The first kappa shape index (κ1) is 11.8. The molecule has 0 saturated carbocycles. The van der Waals surface area contributed by atoms with E-state index >= 15 is 0 Å². The van der Waals surface area contributed by atoms with Gasteiger partial charge in [-0.1, -0.05) is 18.2 Å². The molecular formula is C13H16FN3. The Kier molecular flexibility index (Phi) is 3.88. The SMILES string of the molecule is CCn1ccc(CNCc2ccccc2F)n1. The summed E-state index contributed by atoms with van der Waals surface area (Å²) >= 11 is 0. The molecule has 0 saturated heterocycles. The van der Waals surface area contributed by atoms with Gasteiger partial charge < -0.3 is 5.32 Å². The molecule has 0 atom stereocenters. The fourth-order valence-electron chi connectivity index (χ4n) is 1.64. The fourth-order valence-corrected chi connectivity index (χ4v) is 1.64. The molecule has 90 valence electrons. The van der Waals surface area contributed by atoms with Gasteiger partial charge in [0.05, 0.1) is 5.69 Å². The van der Waals surface area contributed by atoms with Crippen LogP contribution in [0.25, 0.3) is 0 Å². The highest BCUT2D eigenvalue weighted by Gasteiger charge is 2.01. The zero-order valence-corrected chi connectivity index (χ0v) is 9.86. The molecule has 0 bridgehead atoms. The van der Waals surface area contributed by atoms with Crippen LogP contribution in [0, 0.1) is 5.82 Å². The van der Waals surface area contributed by atoms with Crippen LogP contribution in [0.4, 0.5) is 4.39 Å². The minimum absolute atomic E-state index is 0.168. The minimum Gasteiger partial charge on any atom is -0.307 e. The first-order chi connectivity index (χ1) is 8.29. The van der Waals surface area contributed by atoms with Crippen LogP contribution in [0.15, 0.2) is 36.5 Å². The van der Waals surface area contributed by atoms with Gasteiger partial charge in [0.2, 0.25) is 0 Å². The number of nitrogens with zero attached hydrogens (tertiary/aromatic N) is 2. The third-order valence-electron chi connectivity index (χ3n) is 2.60. The molecule has 1 aromatic carbocycles. The molecule has 3 nitrogen and oxygen atoms in total. The third kappa shape index (κ3) is 3.14. The van der Waals surface area contributed by atoms with Gasteiger partial charge in [0.25, 0.3) is 0 Å². The lowest BCUT2D eigenvalue weighted by Gasteiger charge is -2.04. The largest absolute Gasteiger partial charge is 0.307 e. The maximum atomic E-state index is 13.3. The van der Waals surface area contributed by atoms with Gasteiger partial charge in [0, 0.05) is 31.4 Å². The van der Waals surface area contributed by atoms with Crippen molar-refractivity contribution in [2.75, 3.05) is 0 Å². The quantitative estimate of drug-likeness (QED) is 0.859. The molecule has 0 radical (unpaired) electrons. The van der Waals surface area contributed by atoms with Crippen LogP contribution in [-0.2, 0) is 19.6 Å². The Labute approximate surface area is 100 Å². The summed E-state index contributed by atoms with van der Waals surface area (Å²) in [6, 6.07) is 8.77. The zero-order chi connectivity index (χ0) is 12.1. The first-order valence-corrected chi connectivity index (χ1v) is 5.76. The molecule has 0 amide bonds. The zero-order valence-electron chi connectivity index (χ0n) is 9.86. The maximum Gasteiger partial charge on any atom is 0.127 e. The van der Waals surface area contributed by atoms with Crippen molar-refractivity contribution in [1.82, 2.24) is 15.1 Å². The molecule has 0 aliphatic heterocycles. The topological polar surface area (TPSA) is 29.9 Å². The van der Waals surface area contributed by atoms with Crippen LogP contribution in [0.5, 0.6) is 0 Å². The number of aryl methyl sites for hydroxylation is 1. The fraction of sp³-hybridized carbons (Fsp3) is 0.308. The highest BCUT2D eigenvalue weighted by molar-refractivity contribution is 5.17. The molecule has 0 aliphatic rings. The Bertz CT molecular complexity index is 479. The summed E-state index contributed by atoms with van der Waals surface area (Å²) < 4.78 is 15.2. The average molecular weight is 233 g/mol. The van der Waals surface area contributed by atoms with Gasteiger partial charge in [0.15, 0.2) is 0 Å². The number of aromatic nitrogens is 2. The Morgan fingerprint density at radius 2 is 2.06 bits per heavy atom. The van der Waals surface area contributed by atoms with E-state index in [-0.39, 0.29) is 5.82 Å². The van der Waals surface area contributed by atoms with Crippen molar-refractivity contribution in [3.8, 4) is 0 Å². The summed E-state index contributed by atoms with van der Waals surface area (Å²) in [7, 11) is 0. The second kappa shape index (κ2) is 5.59. The number of hydrogen-bond acceptors (Lipinski definition) is 2. The molecule has 0 unspecified atom stereocenters. The number of nitrogens with one attached hydrogen (secondary N) is 1. The van der Waals surface area contributed by atoms with E-state index in [4.69, 9.17) is 0 Å². The number of rotatable bonds is 5. The second-order valence-electron chi connectivity index (χ2n) is 3.86. The predicted molar refractivity (Wildman–Crippen MR) is 64.8 cm³/mol. The smallest absolute Gasteiger partial charge is 0.127 e. The van der Waals surface area contributed by atoms with Crippen molar-refractivity contribution in [3.63, 3.8) is 0 Å².